The van der Waals surface area contributed by atoms with Crippen molar-refractivity contribution in [2.75, 3.05) is 25.1 Å². The first-order chi connectivity index (χ1) is 14.0. The Morgan fingerprint density at radius 3 is 2.31 bits per heavy atom. The van der Waals surface area contributed by atoms with Gasteiger partial charge in [0, 0.05) is 30.2 Å². The third-order valence-corrected chi connectivity index (χ3v) is 3.85. The molecule has 0 aliphatic rings. The highest BCUT2D eigenvalue weighted by Crippen LogP contribution is 2.18. The summed E-state index contributed by atoms with van der Waals surface area (Å²) < 4.78 is 15.5. The highest BCUT2D eigenvalue weighted by Gasteiger charge is 2.11. The van der Waals surface area contributed by atoms with Gasteiger partial charge in [-0.15, -0.1) is 0 Å². The molecule has 0 bridgehead atoms. The van der Waals surface area contributed by atoms with Crippen molar-refractivity contribution in [2.24, 2.45) is 0 Å². The number of ketones is 1. The molecule has 2 aromatic carbocycles. The van der Waals surface area contributed by atoms with Gasteiger partial charge in [-0.05, 0) is 50.2 Å². The Hall–Kier alpha value is -3.35. The van der Waals surface area contributed by atoms with Gasteiger partial charge >= 0.3 is 5.97 Å². The van der Waals surface area contributed by atoms with Crippen LogP contribution in [0.15, 0.2) is 48.5 Å². The fourth-order valence-electron chi connectivity index (χ4n) is 2.51. The number of carbonyl (C=O) groups is 3. The Labute approximate surface area is 170 Å². The lowest BCUT2D eigenvalue weighted by Crippen LogP contribution is -2.15. The largest absolute Gasteiger partial charge is 0.494 e. The van der Waals surface area contributed by atoms with Crippen LogP contribution in [0.25, 0.3) is 0 Å². The summed E-state index contributed by atoms with van der Waals surface area (Å²) in [5, 5.41) is 2.72. The first-order valence-corrected chi connectivity index (χ1v) is 9.46. The molecule has 154 valence electrons. The first-order valence-electron chi connectivity index (χ1n) is 9.46. The van der Waals surface area contributed by atoms with Gasteiger partial charge in [0.25, 0.3) is 0 Å². The van der Waals surface area contributed by atoms with Gasteiger partial charge in [-0.25, -0.2) is 4.79 Å². The standard InChI is InChI=1S/C22H25NO6/c1-3-27-18-10-8-16(9-11-18)20(24)12-13-21(25)23-17-6-5-7-19(14-17)29-15-22(26)28-4-2/h5-11,14H,3-4,12-13,15H2,1-2H3,(H,23,25). The summed E-state index contributed by atoms with van der Waals surface area (Å²) in [4.78, 5) is 35.7. The molecule has 7 heteroatoms. The SMILES string of the molecule is CCOC(=O)COc1cccc(NC(=O)CCC(=O)c2ccc(OCC)cc2)c1. The highest BCUT2D eigenvalue weighted by atomic mass is 16.6. The summed E-state index contributed by atoms with van der Waals surface area (Å²) in [6.45, 7) is 4.24. The minimum absolute atomic E-state index is 0.0555. The van der Waals surface area contributed by atoms with E-state index >= 15 is 0 Å². The van der Waals surface area contributed by atoms with Crippen LogP contribution in [-0.2, 0) is 14.3 Å². The molecule has 0 atom stereocenters. The highest BCUT2D eigenvalue weighted by molar-refractivity contribution is 6.00. The van der Waals surface area contributed by atoms with Gasteiger partial charge < -0.3 is 19.5 Å². The van der Waals surface area contributed by atoms with Gasteiger partial charge in [-0.1, -0.05) is 6.07 Å². The molecule has 7 nitrogen and oxygen atoms in total. The summed E-state index contributed by atoms with van der Waals surface area (Å²) in [6.07, 6.45) is 0.152. The first kappa shape index (κ1) is 21.9. The topological polar surface area (TPSA) is 90.9 Å². The van der Waals surface area contributed by atoms with Crippen LogP contribution in [0.5, 0.6) is 11.5 Å². The molecule has 2 aromatic rings. The lowest BCUT2D eigenvalue weighted by atomic mass is 10.1. The van der Waals surface area contributed by atoms with Crippen LogP contribution in [0, 0.1) is 0 Å². The molecule has 0 spiro atoms. The van der Waals surface area contributed by atoms with Crippen LogP contribution >= 0.6 is 0 Å². The molecule has 0 heterocycles. The van der Waals surface area contributed by atoms with E-state index in [4.69, 9.17) is 14.2 Å². The zero-order valence-electron chi connectivity index (χ0n) is 16.6. The third-order valence-electron chi connectivity index (χ3n) is 3.85. The van der Waals surface area contributed by atoms with Gasteiger partial charge in [0.15, 0.2) is 12.4 Å². The minimum atomic E-state index is -0.463. The van der Waals surface area contributed by atoms with Crippen LogP contribution < -0.4 is 14.8 Å². The van der Waals surface area contributed by atoms with E-state index in [1.807, 2.05) is 6.92 Å². The second-order valence-corrected chi connectivity index (χ2v) is 6.05. The van der Waals surface area contributed by atoms with Crippen molar-refractivity contribution < 1.29 is 28.6 Å². The number of rotatable bonds is 11. The van der Waals surface area contributed by atoms with Crippen molar-refractivity contribution in [1.29, 1.82) is 0 Å². The van der Waals surface area contributed by atoms with Crippen LogP contribution in [0.4, 0.5) is 5.69 Å². The number of benzene rings is 2. The number of ether oxygens (including phenoxy) is 3. The number of Topliss-reactive ketones (excluding diaryl/α,β-unsaturated/α-hetero) is 1. The number of esters is 1. The van der Waals surface area contributed by atoms with Crippen molar-refractivity contribution in [3.8, 4) is 11.5 Å². The van der Waals surface area contributed by atoms with E-state index in [1.165, 1.54) is 0 Å². The molecule has 0 saturated heterocycles. The summed E-state index contributed by atoms with van der Waals surface area (Å²) in [5.74, 6) is 0.268. The van der Waals surface area contributed by atoms with E-state index in [9.17, 15) is 14.4 Å². The Balaban J connectivity index is 1.82. The second kappa shape index (κ2) is 11.5. The summed E-state index contributed by atoms with van der Waals surface area (Å²) in [6, 6.07) is 13.5. The summed E-state index contributed by atoms with van der Waals surface area (Å²) >= 11 is 0. The van der Waals surface area contributed by atoms with Crippen molar-refractivity contribution >= 4 is 23.3 Å². The van der Waals surface area contributed by atoms with E-state index in [1.54, 1.807) is 55.5 Å². The van der Waals surface area contributed by atoms with E-state index in [0.29, 0.717) is 29.4 Å². The second-order valence-electron chi connectivity index (χ2n) is 6.05. The molecule has 29 heavy (non-hydrogen) atoms. The zero-order chi connectivity index (χ0) is 21.1. The number of anilines is 1. The zero-order valence-corrected chi connectivity index (χ0v) is 16.6. The number of hydrogen-bond acceptors (Lipinski definition) is 6. The van der Waals surface area contributed by atoms with E-state index < -0.39 is 5.97 Å². The average Bonchev–Trinajstić information content (AvgIpc) is 2.72. The summed E-state index contributed by atoms with van der Waals surface area (Å²) in [5.41, 5.74) is 1.06. The molecule has 0 aliphatic heterocycles. The molecule has 0 aromatic heterocycles. The molecular weight excluding hydrogens is 374 g/mol. The van der Waals surface area contributed by atoms with E-state index in [-0.39, 0.29) is 37.7 Å². The van der Waals surface area contributed by atoms with Gasteiger partial charge in [0.05, 0.1) is 13.2 Å². The van der Waals surface area contributed by atoms with Crippen molar-refractivity contribution in [1.82, 2.24) is 0 Å². The van der Waals surface area contributed by atoms with Gasteiger partial charge in [-0.3, -0.25) is 9.59 Å². The molecule has 0 radical (unpaired) electrons. The molecule has 0 fully saturated rings. The predicted octanol–water partition coefficient (Wildman–Crippen LogP) is 3.63. The smallest absolute Gasteiger partial charge is 0.344 e. The number of carbonyl (C=O) groups excluding carboxylic acids is 3. The number of amides is 1. The lowest BCUT2D eigenvalue weighted by Gasteiger charge is -2.09. The summed E-state index contributed by atoms with van der Waals surface area (Å²) in [7, 11) is 0. The maximum atomic E-state index is 12.2. The molecule has 0 aliphatic carbocycles. The molecular formula is C22H25NO6. The maximum Gasteiger partial charge on any atom is 0.344 e. The van der Waals surface area contributed by atoms with E-state index in [2.05, 4.69) is 5.32 Å². The molecule has 0 saturated carbocycles. The quantitative estimate of drug-likeness (QED) is 0.458. The fourth-order valence-corrected chi connectivity index (χ4v) is 2.51. The lowest BCUT2D eigenvalue weighted by molar-refractivity contribution is -0.145. The molecule has 0 unspecified atom stereocenters. The third kappa shape index (κ3) is 7.65. The Morgan fingerprint density at radius 2 is 1.62 bits per heavy atom. The van der Waals surface area contributed by atoms with Crippen molar-refractivity contribution in [2.45, 2.75) is 26.7 Å². The maximum absolute atomic E-state index is 12.2. The van der Waals surface area contributed by atoms with Crippen molar-refractivity contribution in [3.63, 3.8) is 0 Å². The molecule has 2 rings (SSSR count). The number of nitrogens with one attached hydrogen (secondary N) is 1. The number of hydrogen-bond donors (Lipinski definition) is 1. The Morgan fingerprint density at radius 1 is 0.862 bits per heavy atom. The van der Waals surface area contributed by atoms with Crippen LogP contribution in [0.1, 0.15) is 37.0 Å². The average molecular weight is 399 g/mol. The van der Waals surface area contributed by atoms with Crippen LogP contribution in [0.3, 0.4) is 0 Å². The fraction of sp³-hybridized carbons (Fsp3) is 0.318. The minimum Gasteiger partial charge on any atom is -0.494 e. The Bertz CT molecular complexity index is 831. The van der Waals surface area contributed by atoms with Gasteiger partial charge in [-0.2, -0.15) is 0 Å². The predicted molar refractivity (Wildman–Crippen MR) is 108 cm³/mol. The van der Waals surface area contributed by atoms with Crippen LogP contribution in [0.2, 0.25) is 0 Å². The van der Waals surface area contributed by atoms with Gasteiger partial charge in [0.1, 0.15) is 11.5 Å². The molecule has 1 N–H and O–H groups in total. The van der Waals surface area contributed by atoms with Crippen molar-refractivity contribution in [3.05, 3.63) is 54.1 Å². The van der Waals surface area contributed by atoms with Crippen LogP contribution in [-0.4, -0.2) is 37.5 Å². The van der Waals surface area contributed by atoms with E-state index in [0.717, 1.165) is 0 Å². The monoisotopic (exact) mass is 399 g/mol. The van der Waals surface area contributed by atoms with Gasteiger partial charge in [0.2, 0.25) is 5.91 Å². The normalized spacial score (nSPS) is 10.1. The molecule has 1 amide bonds. The Kier molecular flexibility index (Phi) is 8.69.